The first kappa shape index (κ1) is 17.7. The van der Waals surface area contributed by atoms with Crippen molar-refractivity contribution in [1.82, 2.24) is 19.8 Å². The number of amides is 2. The molecule has 1 aromatic heterocycles. The van der Waals surface area contributed by atoms with Crippen LogP contribution in [0.4, 0.5) is 20.3 Å². The number of nitrogens with one attached hydrogen (secondary N) is 1. The van der Waals surface area contributed by atoms with E-state index in [0.29, 0.717) is 26.2 Å². The number of anilines is 2. The number of carbonyl (C=O) groups is 2. The molecule has 3 rings (SSSR count). The van der Waals surface area contributed by atoms with E-state index in [0.717, 1.165) is 12.1 Å². The zero-order chi connectivity index (χ0) is 18.7. The van der Waals surface area contributed by atoms with E-state index >= 15 is 0 Å². The van der Waals surface area contributed by atoms with E-state index in [4.69, 9.17) is 0 Å². The molecule has 1 N–H and O–H groups in total. The molecule has 136 valence electrons. The van der Waals surface area contributed by atoms with Gasteiger partial charge < -0.3 is 15.1 Å². The Kier molecular flexibility index (Phi) is 5.06. The standard InChI is InChI=1S/C17H17F2N5O2/c1-11(25)23-5-7-24(8-6-23)17(26)14-9-21-15(10-20-14)22-16-12(18)3-2-4-13(16)19/h2-4,9-10H,5-8H2,1H3,(H,21,22). The zero-order valence-corrected chi connectivity index (χ0v) is 14.1. The largest absolute Gasteiger partial charge is 0.339 e. The SMILES string of the molecule is CC(=O)N1CCN(C(=O)c2cnc(Nc3c(F)cccc3F)cn2)CC1. The van der Waals surface area contributed by atoms with Crippen molar-refractivity contribution in [2.24, 2.45) is 0 Å². The Morgan fingerprint density at radius 2 is 1.62 bits per heavy atom. The van der Waals surface area contributed by atoms with Crippen LogP contribution >= 0.6 is 0 Å². The summed E-state index contributed by atoms with van der Waals surface area (Å²) in [5.41, 5.74) is -0.206. The van der Waals surface area contributed by atoms with E-state index in [2.05, 4.69) is 15.3 Å². The summed E-state index contributed by atoms with van der Waals surface area (Å²) < 4.78 is 27.3. The van der Waals surface area contributed by atoms with Crippen molar-refractivity contribution in [1.29, 1.82) is 0 Å². The number of piperazine rings is 1. The summed E-state index contributed by atoms with van der Waals surface area (Å²) in [7, 11) is 0. The van der Waals surface area contributed by atoms with Crippen LogP contribution in [-0.4, -0.2) is 57.8 Å². The lowest BCUT2D eigenvalue weighted by Gasteiger charge is -2.33. The smallest absolute Gasteiger partial charge is 0.274 e. The predicted octanol–water partition coefficient (Wildman–Crippen LogP) is 1.80. The molecule has 2 aromatic rings. The molecular weight excluding hydrogens is 344 g/mol. The Balaban J connectivity index is 1.66. The monoisotopic (exact) mass is 361 g/mol. The van der Waals surface area contributed by atoms with E-state index in [1.165, 1.54) is 25.4 Å². The van der Waals surface area contributed by atoms with Gasteiger partial charge in [0, 0.05) is 33.1 Å². The summed E-state index contributed by atoms with van der Waals surface area (Å²) in [6.07, 6.45) is 2.49. The second-order valence-electron chi connectivity index (χ2n) is 5.81. The summed E-state index contributed by atoms with van der Waals surface area (Å²) in [6, 6.07) is 3.50. The van der Waals surface area contributed by atoms with Gasteiger partial charge in [-0.25, -0.2) is 18.7 Å². The van der Waals surface area contributed by atoms with Crippen molar-refractivity contribution in [3.63, 3.8) is 0 Å². The molecule has 1 aliphatic rings. The number of halogens is 2. The number of rotatable bonds is 3. The van der Waals surface area contributed by atoms with Crippen molar-refractivity contribution < 1.29 is 18.4 Å². The topological polar surface area (TPSA) is 78.4 Å². The minimum absolute atomic E-state index is 0.0207. The number of nitrogens with zero attached hydrogens (tertiary/aromatic N) is 4. The van der Waals surface area contributed by atoms with Crippen LogP contribution in [0.15, 0.2) is 30.6 Å². The molecule has 2 amide bonds. The molecule has 2 heterocycles. The molecule has 1 aliphatic heterocycles. The van der Waals surface area contributed by atoms with Gasteiger partial charge in [0.15, 0.2) is 0 Å². The van der Waals surface area contributed by atoms with Crippen LogP contribution in [-0.2, 0) is 4.79 Å². The lowest BCUT2D eigenvalue weighted by Crippen LogP contribution is -2.50. The van der Waals surface area contributed by atoms with E-state index in [9.17, 15) is 18.4 Å². The number of carbonyl (C=O) groups excluding carboxylic acids is 2. The minimum Gasteiger partial charge on any atom is -0.339 e. The fourth-order valence-corrected chi connectivity index (χ4v) is 2.63. The third-order valence-corrected chi connectivity index (χ3v) is 4.10. The van der Waals surface area contributed by atoms with Gasteiger partial charge in [0.2, 0.25) is 5.91 Å². The predicted molar refractivity (Wildman–Crippen MR) is 89.8 cm³/mol. The van der Waals surface area contributed by atoms with Gasteiger partial charge in [0.25, 0.3) is 5.91 Å². The highest BCUT2D eigenvalue weighted by atomic mass is 19.1. The fourth-order valence-electron chi connectivity index (χ4n) is 2.63. The van der Waals surface area contributed by atoms with E-state index in [1.54, 1.807) is 9.80 Å². The van der Waals surface area contributed by atoms with E-state index in [1.807, 2.05) is 0 Å². The van der Waals surface area contributed by atoms with Crippen molar-refractivity contribution in [2.75, 3.05) is 31.5 Å². The summed E-state index contributed by atoms with van der Waals surface area (Å²) in [6.45, 7) is 3.27. The van der Waals surface area contributed by atoms with Gasteiger partial charge in [0.1, 0.15) is 28.8 Å². The average Bonchev–Trinajstić information content (AvgIpc) is 2.65. The number of hydrogen-bond acceptors (Lipinski definition) is 5. The summed E-state index contributed by atoms with van der Waals surface area (Å²) >= 11 is 0. The van der Waals surface area contributed by atoms with Gasteiger partial charge in [-0.05, 0) is 12.1 Å². The molecule has 0 saturated carbocycles. The summed E-state index contributed by atoms with van der Waals surface area (Å²) in [5.74, 6) is -1.71. The highest BCUT2D eigenvalue weighted by Crippen LogP contribution is 2.21. The average molecular weight is 361 g/mol. The maximum absolute atomic E-state index is 13.6. The second kappa shape index (κ2) is 7.42. The first-order valence-electron chi connectivity index (χ1n) is 8.03. The van der Waals surface area contributed by atoms with E-state index < -0.39 is 11.6 Å². The Hall–Kier alpha value is -3.10. The van der Waals surface area contributed by atoms with Crippen LogP contribution < -0.4 is 5.32 Å². The van der Waals surface area contributed by atoms with Crippen molar-refractivity contribution in [3.8, 4) is 0 Å². The first-order chi connectivity index (χ1) is 12.5. The maximum atomic E-state index is 13.6. The Labute approximate surface area is 148 Å². The lowest BCUT2D eigenvalue weighted by molar-refractivity contribution is -0.130. The number of hydrogen-bond donors (Lipinski definition) is 1. The van der Waals surface area contributed by atoms with Crippen molar-refractivity contribution in [2.45, 2.75) is 6.92 Å². The molecule has 1 saturated heterocycles. The Morgan fingerprint density at radius 1 is 1.00 bits per heavy atom. The molecule has 7 nitrogen and oxygen atoms in total. The maximum Gasteiger partial charge on any atom is 0.274 e. The lowest BCUT2D eigenvalue weighted by atomic mass is 10.2. The molecule has 9 heteroatoms. The molecule has 0 aliphatic carbocycles. The Bertz CT molecular complexity index is 800. The minimum atomic E-state index is -0.754. The highest BCUT2D eigenvalue weighted by Gasteiger charge is 2.24. The quantitative estimate of drug-likeness (QED) is 0.902. The third kappa shape index (κ3) is 3.76. The molecule has 0 spiro atoms. The number of benzene rings is 1. The van der Waals surface area contributed by atoms with Crippen LogP contribution in [0.3, 0.4) is 0 Å². The molecule has 0 bridgehead atoms. The fraction of sp³-hybridized carbons (Fsp3) is 0.294. The molecule has 0 atom stereocenters. The summed E-state index contributed by atoms with van der Waals surface area (Å²) in [4.78, 5) is 35.0. The van der Waals surface area contributed by atoms with E-state index in [-0.39, 0.29) is 29.0 Å². The molecule has 1 fully saturated rings. The molecule has 0 unspecified atom stereocenters. The molecule has 26 heavy (non-hydrogen) atoms. The van der Waals surface area contributed by atoms with Gasteiger partial charge in [-0.3, -0.25) is 9.59 Å². The van der Waals surface area contributed by atoms with Crippen LogP contribution in [0.25, 0.3) is 0 Å². The normalized spacial score (nSPS) is 14.3. The van der Waals surface area contributed by atoms with Crippen molar-refractivity contribution >= 4 is 23.3 Å². The van der Waals surface area contributed by atoms with Gasteiger partial charge in [-0.1, -0.05) is 6.07 Å². The summed E-state index contributed by atoms with van der Waals surface area (Å²) in [5, 5.41) is 2.51. The number of aromatic nitrogens is 2. The van der Waals surface area contributed by atoms with Gasteiger partial charge in [-0.2, -0.15) is 0 Å². The van der Waals surface area contributed by atoms with Crippen molar-refractivity contribution in [3.05, 3.63) is 47.9 Å². The first-order valence-corrected chi connectivity index (χ1v) is 8.03. The molecular formula is C17H17F2N5O2. The third-order valence-electron chi connectivity index (χ3n) is 4.10. The van der Waals surface area contributed by atoms with Gasteiger partial charge >= 0.3 is 0 Å². The van der Waals surface area contributed by atoms with Crippen LogP contribution in [0.2, 0.25) is 0 Å². The van der Waals surface area contributed by atoms with Crippen LogP contribution in [0.5, 0.6) is 0 Å². The molecule has 1 aromatic carbocycles. The van der Waals surface area contributed by atoms with Crippen LogP contribution in [0.1, 0.15) is 17.4 Å². The van der Waals surface area contributed by atoms with Gasteiger partial charge in [0.05, 0.1) is 12.4 Å². The second-order valence-corrected chi connectivity index (χ2v) is 5.81. The van der Waals surface area contributed by atoms with Gasteiger partial charge in [-0.15, -0.1) is 0 Å². The molecule has 0 radical (unpaired) electrons. The Morgan fingerprint density at radius 3 is 2.15 bits per heavy atom. The number of para-hydroxylation sites is 1. The van der Waals surface area contributed by atoms with Crippen LogP contribution in [0, 0.1) is 11.6 Å². The zero-order valence-electron chi connectivity index (χ0n) is 14.1. The highest BCUT2D eigenvalue weighted by molar-refractivity contribution is 5.92.